The molecule has 0 aliphatic carbocycles. The van der Waals surface area contributed by atoms with Crippen molar-refractivity contribution < 1.29 is 14.1 Å². The molecular weight excluding hydrogens is 499 g/mol. The number of hydrogen-bond donors (Lipinski definition) is 1. The maximum Gasteiger partial charge on any atom is 0.232 e. The van der Waals surface area contributed by atoms with Crippen LogP contribution in [0, 0.1) is 5.92 Å². The quantitative estimate of drug-likeness (QED) is 0.359. The van der Waals surface area contributed by atoms with E-state index in [-0.39, 0.29) is 41.2 Å². The molecule has 2 saturated heterocycles. The Labute approximate surface area is 196 Å². The second kappa shape index (κ2) is 11.3. The Hall–Kier alpha value is -1.43. The maximum absolute atomic E-state index is 12.7. The minimum Gasteiger partial charge on any atom is -0.378 e. The molecule has 0 spiro atoms. The summed E-state index contributed by atoms with van der Waals surface area (Å²) in [4.78, 5) is 26.0. The number of ether oxygens (including phenoxy) is 1. The van der Waals surface area contributed by atoms with E-state index in [1.54, 1.807) is 0 Å². The topological polar surface area (TPSA) is 96.1 Å². The number of nitrogens with one attached hydrogen (secondary N) is 1. The van der Waals surface area contributed by atoms with Crippen LogP contribution < -0.4 is 5.32 Å². The molecule has 170 valence electrons. The number of guanidine groups is 1. The van der Waals surface area contributed by atoms with E-state index in [4.69, 9.17) is 14.3 Å². The van der Waals surface area contributed by atoms with Crippen molar-refractivity contribution in [1.82, 2.24) is 25.3 Å². The van der Waals surface area contributed by atoms with Crippen LogP contribution in [0.5, 0.6) is 0 Å². The van der Waals surface area contributed by atoms with Crippen LogP contribution in [0.4, 0.5) is 0 Å². The maximum atomic E-state index is 12.7. The zero-order valence-electron chi connectivity index (χ0n) is 18.5. The van der Waals surface area contributed by atoms with Gasteiger partial charge in [-0.1, -0.05) is 25.9 Å². The number of amides is 1. The number of morpholine rings is 1. The summed E-state index contributed by atoms with van der Waals surface area (Å²) >= 11 is 0. The number of halogens is 1. The lowest BCUT2D eigenvalue weighted by Crippen LogP contribution is -2.50. The fourth-order valence-electron chi connectivity index (χ4n) is 3.57. The average Bonchev–Trinajstić information content (AvgIpc) is 3.21. The summed E-state index contributed by atoms with van der Waals surface area (Å²) in [5.41, 5.74) is -0.172. The molecule has 30 heavy (non-hydrogen) atoms. The number of piperidine rings is 1. The first-order chi connectivity index (χ1) is 13.9. The van der Waals surface area contributed by atoms with Crippen LogP contribution in [0.3, 0.4) is 0 Å². The van der Waals surface area contributed by atoms with E-state index in [9.17, 15) is 4.79 Å². The number of carbonyl (C=O) groups is 1. The van der Waals surface area contributed by atoms with Crippen LogP contribution in [0.1, 0.15) is 52.3 Å². The van der Waals surface area contributed by atoms with Crippen molar-refractivity contribution in [1.29, 1.82) is 0 Å². The Morgan fingerprint density at radius 3 is 2.40 bits per heavy atom. The number of hydrogen-bond acceptors (Lipinski definition) is 6. The van der Waals surface area contributed by atoms with Gasteiger partial charge in [0.05, 0.1) is 13.2 Å². The van der Waals surface area contributed by atoms with E-state index in [0.29, 0.717) is 44.6 Å². The van der Waals surface area contributed by atoms with Crippen molar-refractivity contribution in [3.63, 3.8) is 0 Å². The van der Waals surface area contributed by atoms with E-state index >= 15 is 0 Å². The highest BCUT2D eigenvalue weighted by atomic mass is 127. The monoisotopic (exact) mass is 534 g/mol. The van der Waals surface area contributed by atoms with Crippen molar-refractivity contribution in [2.45, 2.75) is 52.5 Å². The van der Waals surface area contributed by atoms with Gasteiger partial charge < -0.3 is 24.4 Å². The third kappa shape index (κ3) is 6.53. The summed E-state index contributed by atoms with van der Waals surface area (Å²) in [5.74, 6) is 2.42. The van der Waals surface area contributed by atoms with Gasteiger partial charge in [0.15, 0.2) is 11.8 Å². The van der Waals surface area contributed by atoms with E-state index in [0.717, 1.165) is 38.4 Å². The summed E-state index contributed by atoms with van der Waals surface area (Å²) in [6.45, 7) is 13.7. The number of rotatable bonds is 4. The molecule has 2 fully saturated rings. The van der Waals surface area contributed by atoms with Gasteiger partial charge in [-0.15, -0.1) is 24.0 Å². The first kappa shape index (κ1) is 24.8. The van der Waals surface area contributed by atoms with Crippen LogP contribution in [0.2, 0.25) is 0 Å². The van der Waals surface area contributed by atoms with Gasteiger partial charge in [0.25, 0.3) is 0 Å². The molecule has 0 unspecified atom stereocenters. The number of carbonyl (C=O) groups excluding carboxylic acids is 1. The Bertz CT molecular complexity index is 704. The summed E-state index contributed by atoms with van der Waals surface area (Å²) in [7, 11) is 0. The van der Waals surface area contributed by atoms with Gasteiger partial charge in [0.2, 0.25) is 11.8 Å². The minimum absolute atomic E-state index is 0. The molecule has 1 amide bonds. The second-order valence-corrected chi connectivity index (χ2v) is 8.63. The van der Waals surface area contributed by atoms with Crippen LogP contribution in [0.15, 0.2) is 9.52 Å². The molecule has 0 saturated carbocycles. The van der Waals surface area contributed by atoms with Gasteiger partial charge in [-0.3, -0.25) is 4.79 Å². The fraction of sp³-hybridized carbons (Fsp3) is 0.800. The molecule has 2 aliphatic heterocycles. The number of aromatic nitrogens is 2. The molecule has 0 radical (unpaired) electrons. The zero-order chi connectivity index (χ0) is 20.9. The molecule has 0 atom stereocenters. The smallest absolute Gasteiger partial charge is 0.232 e. The van der Waals surface area contributed by atoms with Crippen molar-refractivity contribution in [3.8, 4) is 0 Å². The van der Waals surface area contributed by atoms with Crippen molar-refractivity contribution in [3.05, 3.63) is 11.7 Å². The standard InChI is InChI=1S/C20H34N6O3.HI/c1-5-21-19(22-14-16-23-18(29-24-16)20(2,3)4)26-8-6-15(7-9-26)17(27)25-10-12-28-13-11-25;/h15H,5-14H2,1-4H3,(H,21,22);1H. The molecule has 0 bridgehead atoms. The van der Waals surface area contributed by atoms with Crippen LogP contribution in [-0.4, -0.2) is 77.7 Å². The Morgan fingerprint density at radius 2 is 1.83 bits per heavy atom. The van der Waals surface area contributed by atoms with Crippen molar-refractivity contribution >= 4 is 35.8 Å². The lowest BCUT2D eigenvalue weighted by atomic mass is 9.95. The van der Waals surface area contributed by atoms with Gasteiger partial charge in [0, 0.05) is 44.1 Å². The van der Waals surface area contributed by atoms with Gasteiger partial charge in [-0.2, -0.15) is 4.98 Å². The van der Waals surface area contributed by atoms with Gasteiger partial charge in [-0.25, -0.2) is 4.99 Å². The fourth-order valence-corrected chi connectivity index (χ4v) is 3.57. The highest BCUT2D eigenvalue weighted by molar-refractivity contribution is 14.0. The lowest BCUT2D eigenvalue weighted by Gasteiger charge is -2.36. The predicted octanol–water partition coefficient (Wildman–Crippen LogP) is 2.02. The Balaban J connectivity index is 0.00000320. The zero-order valence-corrected chi connectivity index (χ0v) is 20.8. The number of likely N-dealkylation sites (tertiary alicyclic amines) is 1. The Morgan fingerprint density at radius 1 is 1.17 bits per heavy atom. The van der Waals surface area contributed by atoms with Gasteiger partial charge in [-0.05, 0) is 19.8 Å². The summed E-state index contributed by atoms with van der Waals surface area (Å²) in [5, 5.41) is 7.39. The first-order valence-electron chi connectivity index (χ1n) is 10.6. The molecule has 1 aromatic rings. The van der Waals surface area contributed by atoms with Crippen LogP contribution >= 0.6 is 24.0 Å². The van der Waals surface area contributed by atoms with E-state index in [1.165, 1.54) is 0 Å². The largest absolute Gasteiger partial charge is 0.378 e. The molecule has 9 nitrogen and oxygen atoms in total. The van der Waals surface area contributed by atoms with Crippen LogP contribution in [0.25, 0.3) is 0 Å². The Kier molecular flexibility index (Phi) is 9.32. The number of aliphatic imine (C=N–C) groups is 1. The molecular formula is C20H35IN6O3. The van der Waals surface area contributed by atoms with E-state index < -0.39 is 0 Å². The van der Waals surface area contributed by atoms with Crippen molar-refractivity contribution in [2.24, 2.45) is 10.9 Å². The molecule has 1 N–H and O–H groups in total. The third-order valence-corrected chi connectivity index (χ3v) is 5.28. The van der Waals surface area contributed by atoms with Gasteiger partial charge >= 0.3 is 0 Å². The molecule has 2 aliphatic rings. The number of nitrogens with zero attached hydrogens (tertiary/aromatic N) is 5. The molecule has 3 heterocycles. The molecule has 1 aromatic heterocycles. The summed E-state index contributed by atoms with van der Waals surface area (Å²) in [6, 6.07) is 0. The van der Waals surface area contributed by atoms with Crippen LogP contribution in [-0.2, 0) is 21.5 Å². The molecule has 0 aromatic carbocycles. The van der Waals surface area contributed by atoms with Crippen molar-refractivity contribution in [2.75, 3.05) is 45.9 Å². The van der Waals surface area contributed by atoms with E-state index in [2.05, 4.69) is 27.3 Å². The summed E-state index contributed by atoms with van der Waals surface area (Å²) in [6.07, 6.45) is 1.69. The average molecular weight is 534 g/mol. The van der Waals surface area contributed by atoms with E-state index in [1.807, 2.05) is 25.7 Å². The normalized spacial score (nSPS) is 18.9. The van der Waals surface area contributed by atoms with Gasteiger partial charge in [0.1, 0.15) is 6.54 Å². The highest BCUT2D eigenvalue weighted by Gasteiger charge is 2.30. The first-order valence-corrected chi connectivity index (χ1v) is 10.6. The predicted molar refractivity (Wildman–Crippen MR) is 125 cm³/mol. The lowest BCUT2D eigenvalue weighted by molar-refractivity contribution is -0.140. The molecule has 10 heteroatoms. The minimum atomic E-state index is -0.172. The highest BCUT2D eigenvalue weighted by Crippen LogP contribution is 2.21. The second-order valence-electron chi connectivity index (χ2n) is 8.63. The molecule has 3 rings (SSSR count). The third-order valence-electron chi connectivity index (χ3n) is 5.28. The SMILES string of the molecule is CCNC(=NCc1noc(C(C)(C)C)n1)N1CCC(C(=O)N2CCOCC2)CC1.I. The summed E-state index contributed by atoms with van der Waals surface area (Å²) < 4.78 is 10.7.